The van der Waals surface area contributed by atoms with Gasteiger partial charge in [-0.05, 0) is 18.9 Å². The Kier molecular flexibility index (Phi) is 7.16. The summed E-state index contributed by atoms with van der Waals surface area (Å²) in [6, 6.07) is 9.02. The van der Waals surface area contributed by atoms with Crippen molar-refractivity contribution in [2.24, 2.45) is 5.73 Å². The van der Waals surface area contributed by atoms with E-state index in [2.05, 4.69) is 12.2 Å². The van der Waals surface area contributed by atoms with Gasteiger partial charge in [-0.15, -0.1) is 0 Å². The number of alkyl carbamates (subject to hydrolysis) is 1. The van der Waals surface area contributed by atoms with E-state index in [1.165, 1.54) is 6.92 Å². The zero-order valence-electron chi connectivity index (χ0n) is 13.4. The van der Waals surface area contributed by atoms with Gasteiger partial charge in [0.25, 0.3) is 0 Å². The zero-order valence-corrected chi connectivity index (χ0v) is 13.4. The molecule has 1 rings (SSSR count). The van der Waals surface area contributed by atoms with Crippen molar-refractivity contribution in [1.82, 2.24) is 5.32 Å². The average Bonchev–Trinajstić information content (AvgIpc) is 2.50. The van der Waals surface area contributed by atoms with Crippen molar-refractivity contribution in [3.8, 4) is 0 Å². The summed E-state index contributed by atoms with van der Waals surface area (Å²) in [7, 11) is 0. The Morgan fingerprint density at radius 3 is 2.45 bits per heavy atom. The monoisotopic (exact) mass is 304 g/mol. The maximum Gasteiger partial charge on any atom is 0.412 e. The molecule has 3 N–H and O–H groups in total. The second-order valence-electron chi connectivity index (χ2n) is 5.19. The molecule has 22 heavy (non-hydrogen) atoms. The standard InChI is InChI=1S/C17H24N2O3/c1-4-5-9-12(2)22-17(21)19-16(13(3)20)15(18)14-10-7-6-8-11-14/h6-8,10-12H,4-5,9,18H2,1-3H3,(H,19,21). The van der Waals surface area contributed by atoms with Gasteiger partial charge in [0.15, 0.2) is 5.78 Å². The average molecular weight is 304 g/mol. The van der Waals surface area contributed by atoms with Crippen LogP contribution in [-0.4, -0.2) is 18.0 Å². The maximum atomic E-state index is 11.9. The lowest BCUT2D eigenvalue weighted by Gasteiger charge is -2.15. The van der Waals surface area contributed by atoms with Crippen molar-refractivity contribution in [1.29, 1.82) is 0 Å². The fourth-order valence-electron chi connectivity index (χ4n) is 1.97. The van der Waals surface area contributed by atoms with Gasteiger partial charge in [0, 0.05) is 6.92 Å². The summed E-state index contributed by atoms with van der Waals surface area (Å²) in [4.78, 5) is 23.6. The number of Topliss-reactive ketones (excluding diaryl/α,β-unsaturated/α-hetero) is 1. The molecule has 1 amide bonds. The van der Waals surface area contributed by atoms with E-state index < -0.39 is 6.09 Å². The highest BCUT2D eigenvalue weighted by atomic mass is 16.6. The Morgan fingerprint density at radius 2 is 1.91 bits per heavy atom. The largest absolute Gasteiger partial charge is 0.446 e. The Morgan fingerprint density at radius 1 is 1.27 bits per heavy atom. The number of hydrogen-bond acceptors (Lipinski definition) is 4. The number of nitrogens with two attached hydrogens (primary N) is 1. The number of amides is 1. The number of carbonyl (C=O) groups excluding carboxylic acids is 2. The highest BCUT2D eigenvalue weighted by Gasteiger charge is 2.16. The van der Waals surface area contributed by atoms with E-state index in [-0.39, 0.29) is 23.3 Å². The zero-order chi connectivity index (χ0) is 16.5. The first-order valence-corrected chi connectivity index (χ1v) is 7.49. The van der Waals surface area contributed by atoms with E-state index in [0.717, 1.165) is 19.3 Å². The normalized spacial score (nSPS) is 13.0. The van der Waals surface area contributed by atoms with Crippen molar-refractivity contribution >= 4 is 17.6 Å². The van der Waals surface area contributed by atoms with Crippen molar-refractivity contribution in [3.63, 3.8) is 0 Å². The second kappa shape index (κ2) is 8.87. The molecule has 1 unspecified atom stereocenters. The van der Waals surface area contributed by atoms with Crippen LogP contribution >= 0.6 is 0 Å². The van der Waals surface area contributed by atoms with Gasteiger partial charge in [-0.2, -0.15) is 0 Å². The summed E-state index contributed by atoms with van der Waals surface area (Å²) < 4.78 is 5.23. The Hall–Kier alpha value is -2.30. The highest BCUT2D eigenvalue weighted by Crippen LogP contribution is 2.13. The second-order valence-corrected chi connectivity index (χ2v) is 5.19. The minimum Gasteiger partial charge on any atom is -0.446 e. The van der Waals surface area contributed by atoms with Gasteiger partial charge in [0.2, 0.25) is 0 Å². The molecule has 5 nitrogen and oxygen atoms in total. The number of allylic oxidation sites excluding steroid dienone is 1. The van der Waals surface area contributed by atoms with Crippen molar-refractivity contribution < 1.29 is 14.3 Å². The van der Waals surface area contributed by atoms with Crippen LogP contribution in [0, 0.1) is 0 Å². The van der Waals surface area contributed by atoms with E-state index in [9.17, 15) is 9.59 Å². The molecular weight excluding hydrogens is 280 g/mol. The number of ketones is 1. The van der Waals surface area contributed by atoms with Gasteiger partial charge >= 0.3 is 6.09 Å². The smallest absolute Gasteiger partial charge is 0.412 e. The molecule has 1 aromatic rings. The van der Waals surface area contributed by atoms with Crippen LogP contribution in [-0.2, 0) is 9.53 Å². The first-order valence-electron chi connectivity index (χ1n) is 7.49. The number of benzene rings is 1. The summed E-state index contributed by atoms with van der Waals surface area (Å²) in [5.74, 6) is -0.320. The lowest BCUT2D eigenvalue weighted by molar-refractivity contribution is -0.113. The van der Waals surface area contributed by atoms with Crippen molar-refractivity contribution in [2.45, 2.75) is 46.1 Å². The lowest BCUT2D eigenvalue weighted by Crippen LogP contribution is -2.31. The molecule has 0 bridgehead atoms. The Labute approximate surface area is 131 Å². The number of carbonyl (C=O) groups is 2. The Bertz CT molecular complexity index is 538. The van der Waals surface area contributed by atoms with E-state index >= 15 is 0 Å². The molecule has 0 aliphatic rings. The summed E-state index contributed by atoms with van der Waals surface area (Å²) >= 11 is 0. The summed E-state index contributed by atoms with van der Waals surface area (Å²) in [6.07, 6.45) is 1.95. The van der Waals surface area contributed by atoms with Gasteiger partial charge < -0.3 is 10.5 Å². The lowest BCUT2D eigenvalue weighted by atomic mass is 10.1. The van der Waals surface area contributed by atoms with Crippen molar-refractivity contribution in [3.05, 3.63) is 41.6 Å². The van der Waals surface area contributed by atoms with Crippen molar-refractivity contribution in [2.75, 3.05) is 0 Å². The maximum absolute atomic E-state index is 11.9. The van der Waals surface area contributed by atoms with Gasteiger partial charge in [-0.1, -0.05) is 50.1 Å². The quantitative estimate of drug-likeness (QED) is 0.758. The minimum atomic E-state index is -0.660. The molecular formula is C17H24N2O3. The van der Waals surface area contributed by atoms with Gasteiger partial charge in [-0.3, -0.25) is 10.1 Å². The SMILES string of the molecule is CCCCC(C)OC(=O)NC(C(C)=O)=C(N)c1ccccc1. The van der Waals surface area contributed by atoms with E-state index in [0.29, 0.717) is 5.56 Å². The van der Waals surface area contributed by atoms with Crippen LogP contribution < -0.4 is 11.1 Å². The number of hydrogen-bond donors (Lipinski definition) is 2. The highest BCUT2D eigenvalue weighted by molar-refractivity contribution is 6.02. The fraction of sp³-hybridized carbons (Fsp3) is 0.412. The van der Waals surface area contributed by atoms with E-state index in [1.54, 1.807) is 12.1 Å². The number of unbranched alkanes of at least 4 members (excludes halogenated alkanes) is 1. The summed E-state index contributed by atoms with van der Waals surface area (Å²) in [5, 5.41) is 2.47. The van der Waals surface area contributed by atoms with Crippen LogP contribution in [0.25, 0.3) is 5.70 Å². The van der Waals surface area contributed by atoms with Gasteiger partial charge in [0.1, 0.15) is 11.8 Å². The molecule has 0 saturated heterocycles. The summed E-state index contributed by atoms with van der Waals surface area (Å²) in [5.41, 5.74) is 6.94. The third kappa shape index (κ3) is 5.60. The predicted octanol–water partition coefficient (Wildman–Crippen LogP) is 3.21. The first kappa shape index (κ1) is 17.8. The van der Waals surface area contributed by atoms with Gasteiger partial charge in [-0.25, -0.2) is 4.79 Å². The molecule has 0 aliphatic carbocycles. The topological polar surface area (TPSA) is 81.4 Å². The molecule has 0 aliphatic heterocycles. The number of rotatable bonds is 7. The predicted molar refractivity (Wildman–Crippen MR) is 86.8 cm³/mol. The molecule has 0 radical (unpaired) electrons. The summed E-state index contributed by atoms with van der Waals surface area (Å²) in [6.45, 7) is 5.25. The van der Waals surface area contributed by atoms with Crippen LogP contribution in [0.3, 0.4) is 0 Å². The molecule has 1 atom stereocenters. The minimum absolute atomic E-state index is 0.0545. The molecule has 1 aromatic carbocycles. The molecule has 0 heterocycles. The number of ether oxygens (including phenoxy) is 1. The third-order valence-electron chi connectivity index (χ3n) is 3.21. The molecule has 0 aromatic heterocycles. The van der Waals surface area contributed by atoms with Crippen LogP contribution in [0.1, 0.15) is 45.6 Å². The molecule has 120 valence electrons. The fourth-order valence-corrected chi connectivity index (χ4v) is 1.97. The van der Waals surface area contributed by atoms with Crippen LogP contribution in [0.15, 0.2) is 36.0 Å². The van der Waals surface area contributed by atoms with Crippen LogP contribution in [0.4, 0.5) is 4.79 Å². The Balaban J connectivity index is 2.81. The molecule has 0 spiro atoms. The third-order valence-corrected chi connectivity index (χ3v) is 3.21. The molecule has 5 heteroatoms. The van der Waals surface area contributed by atoms with E-state index in [1.807, 2.05) is 25.1 Å². The molecule has 0 fully saturated rings. The number of nitrogens with one attached hydrogen (secondary N) is 1. The van der Waals surface area contributed by atoms with Gasteiger partial charge in [0.05, 0.1) is 5.70 Å². The first-order chi connectivity index (χ1) is 10.5. The van der Waals surface area contributed by atoms with E-state index in [4.69, 9.17) is 10.5 Å². The van der Waals surface area contributed by atoms with Crippen LogP contribution in [0.5, 0.6) is 0 Å². The van der Waals surface area contributed by atoms with Crippen LogP contribution in [0.2, 0.25) is 0 Å². The molecule has 0 saturated carbocycles.